The number of furan rings is 1. The van der Waals surface area contributed by atoms with Gasteiger partial charge in [0.25, 0.3) is 5.91 Å². The van der Waals surface area contributed by atoms with Crippen molar-refractivity contribution in [1.82, 2.24) is 14.8 Å². The number of primary amides is 1. The number of aryl methyl sites for hydroxylation is 1. The van der Waals surface area contributed by atoms with Gasteiger partial charge in [0, 0.05) is 37.4 Å². The Morgan fingerprint density at radius 1 is 1.32 bits per heavy atom. The van der Waals surface area contributed by atoms with Gasteiger partial charge in [-0.25, -0.2) is 9.78 Å². The number of carbonyl (C=O) groups is 2. The Labute approximate surface area is 162 Å². The zero-order valence-electron chi connectivity index (χ0n) is 16.1. The molecular formula is C19H25N5O4. The molecule has 2 aliphatic heterocycles. The van der Waals surface area contributed by atoms with E-state index in [9.17, 15) is 9.59 Å². The number of nitrogens with zero attached hydrogens (tertiary/aromatic N) is 3. The summed E-state index contributed by atoms with van der Waals surface area (Å²) in [5.41, 5.74) is 6.75. The number of hydrogen-bond donors (Lipinski definition) is 2. The van der Waals surface area contributed by atoms with E-state index in [4.69, 9.17) is 14.9 Å². The Balaban J connectivity index is 1.51. The molecule has 0 saturated carbocycles. The number of fused-ring (bicyclic) bond motifs is 1. The maximum Gasteiger partial charge on any atom is 0.322 e. The number of urea groups is 1. The minimum atomic E-state index is -0.743. The normalized spacial score (nSPS) is 23.3. The average molecular weight is 387 g/mol. The predicted octanol–water partition coefficient (Wildman–Crippen LogP) is 1.56. The number of ether oxygens (including phenoxy) is 1. The molecule has 0 aromatic carbocycles. The van der Waals surface area contributed by atoms with Crippen LogP contribution < -0.4 is 11.1 Å². The van der Waals surface area contributed by atoms with Crippen molar-refractivity contribution in [2.24, 2.45) is 5.73 Å². The molecule has 9 nitrogen and oxygen atoms in total. The standard InChI is InChI=1S/C19H25N5O4/c1-11-3-4-14-15(16(17(20)25)28-18(14)21-11)22-19(26)23-6-5-13(9-23)24-7-8-27-10-12(24)2/h3-4,12-13H,5-10H2,1-2H3,(H2,20,25)(H,22,26)/t12-,13-/m1/s1. The lowest BCUT2D eigenvalue weighted by Crippen LogP contribution is -2.50. The summed E-state index contributed by atoms with van der Waals surface area (Å²) in [5, 5.41) is 3.38. The van der Waals surface area contributed by atoms with Crippen molar-refractivity contribution in [2.75, 3.05) is 38.2 Å². The summed E-state index contributed by atoms with van der Waals surface area (Å²) in [4.78, 5) is 33.1. The number of nitrogens with one attached hydrogen (secondary N) is 1. The number of likely N-dealkylation sites (tertiary alicyclic amines) is 1. The predicted molar refractivity (Wildman–Crippen MR) is 103 cm³/mol. The van der Waals surface area contributed by atoms with Crippen LogP contribution in [0, 0.1) is 6.92 Å². The maximum absolute atomic E-state index is 12.9. The SMILES string of the molecule is Cc1ccc2c(NC(=O)N3CC[C@@H](N4CCOC[C@H]4C)C3)c(C(N)=O)oc2n1. The zero-order valence-corrected chi connectivity index (χ0v) is 16.1. The van der Waals surface area contributed by atoms with E-state index in [2.05, 4.69) is 22.1 Å². The molecule has 2 saturated heterocycles. The second-order valence-electron chi connectivity index (χ2n) is 7.46. The molecule has 0 radical (unpaired) electrons. The first-order valence-electron chi connectivity index (χ1n) is 9.53. The van der Waals surface area contributed by atoms with Crippen LogP contribution in [0.15, 0.2) is 16.5 Å². The van der Waals surface area contributed by atoms with E-state index in [1.165, 1.54) is 0 Å². The van der Waals surface area contributed by atoms with Gasteiger partial charge in [-0.3, -0.25) is 9.69 Å². The summed E-state index contributed by atoms with van der Waals surface area (Å²) in [6.07, 6.45) is 0.910. The van der Waals surface area contributed by atoms with Crippen LogP contribution in [0.5, 0.6) is 0 Å². The highest BCUT2D eigenvalue weighted by Crippen LogP contribution is 2.30. The summed E-state index contributed by atoms with van der Waals surface area (Å²) in [5.74, 6) is -0.827. The van der Waals surface area contributed by atoms with Gasteiger partial charge in [-0.15, -0.1) is 0 Å². The third kappa shape index (κ3) is 3.43. The highest BCUT2D eigenvalue weighted by atomic mass is 16.5. The second-order valence-corrected chi connectivity index (χ2v) is 7.46. The number of carbonyl (C=O) groups excluding carboxylic acids is 2. The first-order chi connectivity index (χ1) is 13.4. The van der Waals surface area contributed by atoms with Crippen LogP contribution in [0.2, 0.25) is 0 Å². The summed E-state index contributed by atoms with van der Waals surface area (Å²) >= 11 is 0. The number of pyridine rings is 1. The molecule has 2 atom stereocenters. The van der Waals surface area contributed by atoms with Crippen LogP contribution in [0.4, 0.5) is 10.5 Å². The van der Waals surface area contributed by atoms with Crippen LogP contribution >= 0.6 is 0 Å². The van der Waals surface area contributed by atoms with Gasteiger partial charge in [0.05, 0.1) is 18.6 Å². The fourth-order valence-electron chi connectivity index (χ4n) is 4.03. The van der Waals surface area contributed by atoms with Crippen molar-refractivity contribution >= 4 is 28.7 Å². The Morgan fingerprint density at radius 2 is 2.14 bits per heavy atom. The van der Waals surface area contributed by atoms with Crippen LogP contribution in [0.25, 0.3) is 11.1 Å². The van der Waals surface area contributed by atoms with E-state index in [1.54, 1.807) is 17.0 Å². The fourth-order valence-corrected chi connectivity index (χ4v) is 4.03. The summed E-state index contributed by atoms with van der Waals surface area (Å²) in [6.45, 7) is 7.58. The van der Waals surface area contributed by atoms with Gasteiger partial charge in [-0.05, 0) is 32.4 Å². The number of anilines is 1. The van der Waals surface area contributed by atoms with E-state index in [-0.39, 0.29) is 23.2 Å². The molecule has 2 aliphatic rings. The molecule has 2 aromatic heterocycles. The van der Waals surface area contributed by atoms with Gasteiger partial charge in [0.1, 0.15) is 5.69 Å². The number of aromatic nitrogens is 1. The maximum atomic E-state index is 12.9. The van der Waals surface area contributed by atoms with Gasteiger partial charge < -0.3 is 25.1 Å². The second kappa shape index (κ2) is 7.40. The van der Waals surface area contributed by atoms with Gasteiger partial charge in [-0.1, -0.05) is 0 Å². The Bertz CT molecular complexity index is 911. The third-order valence-electron chi connectivity index (χ3n) is 5.49. The zero-order chi connectivity index (χ0) is 19.8. The first kappa shape index (κ1) is 18.7. The van der Waals surface area contributed by atoms with Crippen molar-refractivity contribution in [2.45, 2.75) is 32.4 Å². The molecule has 0 aliphatic carbocycles. The fraction of sp³-hybridized carbons (Fsp3) is 0.526. The van der Waals surface area contributed by atoms with Crippen molar-refractivity contribution < 1.29 is 18.7 Å². The number of nitrogens with two attached hydrogens (primary N) is 1. The first-order valence-corrected chi connectivity index (χ1v) is 9.53. The molecule has 9 heteroatoms. The van der Waals surface area contributed by atoms with Crippen LogP contribution in [0.1, 0.15) is 29.6 Å². The topological polar surface area (TPSA) is 114 Å². The lowest BCUT2D eigenvalue weighted by atomic mass is 10.1. The third-order valence-corrected chi connectivity index (χ3v) is 5.49. The van der Waals surface area contributed by atoms with Crippen molar-refractivity contribution in [3.8, 4) is 0 Å². The van der Waals surface area contributed by atoms with E-state index in [0.717, 1.165) is 31.9 Å². The van der Waals surface area contributed by atoms with Crippen molar-refractivity contribution in [1.29, 1.82) is 0 Å². The highest BCUT2D eigenvalue weighted by Gasteiger charge is 2.34. The van der Waals surface area contributed by atoms with Crippen LogP contribution in [-0.2, 0) is 4.74 Å². The summed E-state index contributed by atoms with van der Waals surface area (Å²) < 4.78 is 11.0. The van der Waals surface area contributed by atoms with Crippen molar-refractivity contribution in [3.05, 3.63) is 23.6 Å². The number of morpholine rings is 1. The molecule has 0 unspecified atom stereocenters. The van der Waals surface area contributed by atoms with E-state index in [0.29, 0.717) is 30.6 Å². The van der Waals surface area contributed by atoms with E-state index in [1.807, 2.05) is 6.92 Å². The molecule has 28 heavy (non-hydrogen) atoms. The number of hydrogen-bond acceptors (Lipinski definition) is 6. The molecule has 0 spiro atoms. The quantitative estimate of drug-likeness (QED) is 0.826. The largest absolute Gasteiger partial charge is 0.430 e. The number of rotatable bonds is 3. The average Bonchev–Trinajstić information content (AvgIpc) is 3.27. The number of amides is 3. The Kier molecular flexibility index (Phi) is 4.94. The lowest BCUT2D eigenvalue weighted by Gasteiger charge is -2.37. The van der Waals surface area contributed by atoms with Gasteiger partial charge in [-0.2, -0.15) is 0 Å². The van der Waals surface area contributed by atoms with E-state index < -0.39 is 5.91 Å². The van der Waals surface area contributed by atoms with Gasteiger partial charge in [0.2, 0.25) is 11.5 Å². The molecule has 4 heterocycles. The molecule has 2 aromatic rings. The molecule has 3 N–H and O–H groups in total. The van der Waals surface area contributed by atoms with Crippen molar-refractivity contribution in [3.63, 3.8) is 0 Å². The Morgan fingerprint density at radius 3 is 2.89 bits per heavy atom. The van der Waals surface area contributed by atoms with E-state index >= 15 is 0 Å². The molecule has 4 rings (SSSR count). The van der Waals surface area contributed by atoms with Gasteiger partial charge >= 0.3 is 6.03 Å². The molecule has 150 valence electrons. The monoisotopic (exact) mass is 387 g/mol. The molecule has 3 amide bonds. The minimum Gasteiger partial charge on any atom is -0.430 e. The lowest BCUT2D eigenvalue weighted by molar-refractivity contribution is -0.0192. The highest BCUT2D eigenvalue weighted by molar-refractivity contribution is 6.09. The van der Waals surface area contributed by atoms with Gasteiger partial charge in [0.15, 0.2) is 0 Å². The summed E-state index contributed by atoms with van der Waals surface area (Å²) in [6, 6.07) is 3.95. The van der Waals surface area contributed by atoms with Crippen LogP contribution in [0.3, 0.4) is 0 Å². The molecule has 2 fully saturated rings. The minimum absolute atomic E-state index is 0.0843. The smallest absolute Gasteiger partial charge is 0.322 e. The Hall–Kier alpha value is -2.65. The molecular weight excluding hydrogens is 362 g/mol. The summed E-state index contributed by atoms with van der Waals surface area (Å²) in [7, 11) is 0. The molecule has 0 bridgehead atoms. The van der Waals surface area contributed by atoms with Crippen LogP contribution in [-0.4, -0.2) is 71.7 Å².